The number of anilines is 1. The third-order valence-electron chi connectivity index (χ3n) is 4.27. The van der Waals surface area contributed by atoms with Crippen LogP contribution in [0.25, 0.3) is 0 Å². The molecule has 0 spiro atoms. The molecule has 0 amide bonds. The van der Waals surface area contributed by atoms with E-state index in [4.69, 9.17) is 9.47 Å². The largest absolute Gasteiger partial charge is 0.434 e. The van der Waals surface area contributed by atoms with Crippen molar-refractivity contribution in [1.82, 2.24) is 9.97 Å². The molecule has 2 heterocycles. The summed E-state index contributed by atoms with van der Waals surface area (Å²) in [5.74, 6) is 0.452. The molecule has 0 unspecified atom stereocenters. The molecule has 3 rings (SSSR count). The average Bonchev–Trinajstić information content (AvgIpc) is 2.74. The van der Waals surface area contributed by atoms with Crippen LogP contribution in [-0.4, -0.2) is 34.6 Å². The predicted octanol–water partition coefficient (Wildman–Crippen LogP) is 4.55. The van der Waals surface area contributed by atoms with E-state index < -0.39 is 4.92 Å². The number of nitrogens with one attached hydrogen (secondary N) is 1. The fraction of sp³-hybridized carbons (Fsp3) is 0.273. The second-order valence-electron chi connectivity index (χ2n) is 6.64. The zero-order valence-electron chi connectivity index (χ0n) is 16.8. The van der Waals surface area contributed by atoms with Crippen molar-refractivity contribution in [2.75, 3.05) is 25.1 Å². The summed E-state index contributed by atoms with van der Waals surface area (Å²) in [7, 11) is 0. The van der Waals surface area contributed by atoms with Crippen LogP contribution >= 0.6 is 0 Å². The minimum Gasteiger partial charge on any atom is -0.434 e. The lowest BCUT2D eigenvalue weighted by Crippen LogP contribution is -2.12. The van der Waals surface area contributed by atoms with Crippen LogP contribution in [-0.2, 0) is 11.2 Å². The van der Waals surface area contributed by atoms with Crippen molar-refractivity contribution < 1.29 is 14.4 Å². The summed E-state index contributed by atoms with van der Waals surface area (Å²) < 4.78 is 11.3. The molecule has 8 nitrogen and oxygen atoms in total. The van der Waals surface area contributed by atoms with Crippen LogP contribution in [0.5, 0.6) is 11.6 Å². The van der Waals surface area contributed by atoms with Crippen molar-refractivity contribution >= 4 is 11.4 Å². The van der Waals surface area contributed by atoms with Gasteiger partial charge in [-0.3, -0.25) is 15.1 Å². The number of rotatable bonds is 11. The van der Waals surface area contributed by atoms with Gasteiger partial charge in [0.25, 0.3) is 0 Å². The maximum atomic E-state index is 11.7. The molecule has 0 aliphatic heterocycles. The quantitative estimate of drug-likeness (QED) is 0.282. The number of ether oxygens (including phenoxy) is 2. The van der Waals surface area contributed by atoms with E-state index in [1.165, 1.54) is 5.56 Å². The number of hydrogen-bond acceptors (Lipinski definition) is 7. The zero-order valence-corrected chi connectivity index (χ0v) is 16.8. The first-order chi connectivity index (χ1) is 14.6. The van der Waals surface area contributed by atoms with Crippen LogP contribution in [0, 0.1) is 17.0 Å². The smallest absolute Gasteiger partial charge is 0.354 e. The van der Waals surface area contributed by atoms with Gasteiger partial charge in [0.2, 0.25) is 0 Å². The highest BCUT2D eigenvalue weighted by Crippen LogP contribution is 2.36. The molecule has 0 aliphatic rings. The summed E-state index contributed by atoms with van der Waals surface area (Å²) in [6, 6.07) is 14.5. The Morgan fingerprint density at radius 1 is 1.13 bits per heavy atom. The van der Waals surface area contributed by atoms with E-state index in [1.54, 1.807) is 43.5 Å². The second-order valence-corrected chi connectivity index (χ2v) is 6.64. The molecule has 0 saturated heterocycles. The third kappa shape index (κ3) is 6.25. The Morgan fingerprint density at radius 2 is 1.97 bits per heavy atom. The van der Waals surface area contributed by atoms with E-state index >= 15 is 0 Å². The molecule has 0 bridgehead atoms. The molecule has 3 aromatic rings. The molecule has 1 aromatic carbocycles. The highest BCUT2D eigenvalue weighted by atomic mass is 16.6. The van der Waals surface area contributed by atoms with Gasteiger partial charge in [-0.15, -0.1) is 0 Å². The lowest BCUT2D eigenvalue weighted by atomic mass is 10.2. The molecular formula is C22H24N4O4. The Hall–Kier alpha value is -3.52. The summed E-state index contributed by atoms with van der Waals surface area (Å²) in [6.07, 6.45) is 5.38. The number of para-hydroxylation sites is 1. The number of nitrogens with zero attached hydrogens (tertiary/aromatic N) is 3. The first-order valence-corrected chi connectivity index (χ1v) is 9.73. The highest BCUT2D eigenvalue weighted by molar-refractivity contribution is 5.67. The molecule has 1 N–H and O–H groups in total. The normalized spacial score (nSPS) is 10.6. The average molecular weight is 408 g/mol. The van der Waals surface area contributed by atoms with Crippen LogP contribution in [0.4, 0.5) is 11.4 Å². The first kappa shape index (κ1) is 21.2. The van der Waals surface area contributed by atoms with Gasteiger partial charge in [-0.05, 0) is 49.6 Å². The van der Waals surface area contributed by atoms with Crippen LogP contribution in [0.3, 0.4) is 0 Å². The lowest BCUT2D eigenvalue weighted by Gasteiger charge is -2.12. The second kappa shape index (κ2) is 10.9. The Balaban J connectivity index is 1.54. The molecule has 2 aromatic heterocycles. The van der Waals surface area contributed by atoms with Crippen molar-refractivity contribution in [2.24, 2.45) is 0 Å². The minimum absolute atomic E-state index is 0.0360. The molecule has 0 saturated carbocycles. The Bertz CT molecular complexity index is 952. The number of aromatic nitrogens is 2. The van der Waals surface area contributed by atoms with E-state index in [0.717, 1.165) is 12.8 Å². The lowest BCUT2D eigenvalue weighted by molar-refractivity contribution is -0.385. The molecule has 0 fully saturated rings. The molecule has 0 radical (unpaired) electrons. The standard InChI is InChI=1S/C22H24N4O4/c1-17-15-20(24-12-14-29-13-6-8-18-7-5-11-23-16-18)21(26(27)28)22(25-17)30-19-9-3-2-4-10-19/h2-5,7,9-11,15-16H,6,8,12-14H2,1H3,(H,24,25). The summed E-state index contributed by atoms with van der Waals surface area (Å²) >= 11 is 0. The van der Waals surface area contributed by atoms with Gasteiger partial charge in [-0.25, -0.2) is 4.98 Å². The van der Waals surface area contributed by atoms with Gasteiger partial charge < -0.3 is 14.8 Å². The number of benzene rings is 1. The number of aryl methyl sites for hydroxylation is 2. The maximum absolute atomic E-state index is 11.7. The summed E-state index contributed by atoms with van der Waals surface area (Å²) in [6.45, 7) is 3.24. The molecular weight excluding hydrogens is 384 g/mol. The fourth-order valence-corrected chi connectivity index (χ4v) is 2.90. The molecule has 0 atom stereocenters. The van der Waals surface area contributed by atoms with Crippen LogP contribution in [0.1, 0.15) is 17.7 Å². The van der Waals surface area contributed by atoms with Gasteiger partial charge in [0.1, 0.15) is 11.4 Å². The maximum Gasteiger partial charge on any atom is 0.354 e. The van der Waals surface area contributed by atoms with Crippen LogP contribution in [0.2, 0.25) is 0 Å². The summed E-state index contributed by atoms with van der Waals surface area (Å²) in [5.41, 5.74) is 1.96. The summed E-state index contributed by atoms with van der Waals surface area (Å²) in [4.78, 5) is 19.5. The zero-order chi connectivity index (χ0) is 21.2. The first-order valence-electron chi connectivity index (χ1n) is 9.73. The van der Waals surface area contributed by atoms with E-state index in [1.807, 2.05) is 24.4 Å². The van der Waals surface area contributed by atoms with Crippen LogP contribution in [0.15, 0.2) is 60.9 Å². The van der Waals surface area contributed by atoms with Gasteiger partial charge in [-0.2, -0.15) is 0 Å². The SMILES string of the molecule is Cc1cc(NCCOCCCc2cccnc2)c([N+](=O)[O-])c(Oc2ccccc2)n1. The van der Waals surface area contributed by atoms with E-state index in [0.29, 0.717) is 36.9 Å². The van der Waals surface area contributed by atoms with Crippen molar-refractivity contribution in [3.63, 3.8) is 0 Å². The van der Waals surface area contributed by atoms with Gasteiger partial charge >= 0.3 is 11.6 Å². The molecule has 30 heavy (non-hydrogen) atoms. The van der Waals surface area contributed by atoms with Crippen LogP contribution < -0.4 is 10.1 Å². The van der Waals surface area contributed by atoms with E-state index in [9.17, 15) is 10.1 Å². The molecule has 156 valence electrons. The third-order valence-corrected chi connectivity index (χ3v) is 4.27. The van der Waals surface area contributed by atoms with Crippen molar-refractivity contribution in [2.45, 2.75) is 19.8 Å². The minimum atomic E-state index is -0.484. The number of nitro groups is 1. The molecule has 8 heteroatoms. The van der Waals surface area contributed by atoms with Gasteiger partial charge in [0.15, 0.2) is 0 Å². The number of hydrogen-bond donors (Lipinski definition) is 1. The van der Waals surface area contributed by atoms with Crippen molar-refractivity contribution in [3.05, 3.63) is 82.3 Å². The Kier molecular flexibility index (Phi) is 7.68. The summed E-state index contributed by atoms with van der Waals surface area (Å²) in [5, 5.41) is 14.7. The predicted molar refractivity (Wildman–Crippen MR) is 114 cm³/mol. The number of pyridine rings is 2. The highest BCUT2D eigenvalue weighted by Gasteiger charge is 2.24. The fourth-order valence-electron chi connectivity index (χ4n) is 2.90. The van der Waals surface area contributed by atoms with E-state index in [2.05, 4.69) is 15.3 Å². The Labute approximate surface area is 175 Å². The van der Waals surface area contributed by atoms with Crippen molar-refractivity contribution in [1.29, 1.82) is 0 Å². The topological polar surface area (TPSA) is 99.4 Å². The monoisotopic (exact) mass is 408 g/mol. The van der Waals surface area contributed by atoms with Gasteiger partial charge in [0.05, 0.1) is 11.5 Å². The Morgan fingerprint density at radius 3 is 2.70 bits per heavy atom. The van der Waals surface area contributed by atoms with Gasteiger partial charge in [-0.1, -0.05) is 24.3 Å². The van der Waals surface area contributed by atoms with Crippen molar-refractivity contribution in [3.8, 4) is 11.6 Å². The van der Waals surface area contributed by atoms with E-state index in [-0.39, 0.29) is 11.6 Å². The molecule has 0 aliphatic carbocycles. The van der Waals surface area contributed by atoms with Gasteiger partial charge in [0, 0.05) is 31.2 Å².